The van der Waals surface area contributed by atoms with Crippen LogP contribution in [0.15, 0.2) is 42.5 Å². The molecule has 0 spiro atoms. The normalized spacial score (nSPS) is 12.1. The van der Waals surface area contributed by atoms with Crippen molar-refractivity contribution in [3.8, 4) is 5.75 Å². The van der Waals surface area contributed by atoms with Crippen molar-refractivity contribution in [2.45, 2.75) is 40.3 Å². The molecule has 1 atom stereocenters. The number of amides is 2. The average molecular weight is 476 g/mol. The molecule has 0 aromatic heterocycles. The number of nitrogens with zero attached hydrogens (tertiary/aromatic N) is 2. The largest absolute Gasteiger partial charge is 0.497 e. The molecule has 180 valence electrons. The molecule has 2 amide bonds. The quantitative estimate of drug-likeness (QED) is 0.570. The number of hydrogen-bond donors (Lipinski definition) is 1. The Hall–Kier alpha value is -3.07. The molecular formula is C24H33N3O5S. The van der Waals surface area contributed by atoms with Crippen LogP contribution in [0, 0.1) is 13.8 Å². The van der Waals surface area contributed by atoms with E-state index in [1.165, 1.54) is 4.90 Å². The number of nitrogens with one attached hydrogen (secondary N) is 1. The van der Waals surface area contributed by atoms with Crippen LogP contribution in [0.2, 0.25) is 0 Å². The maximum absolute atomic E-state index is 13.5. The Bertz CT molecular complexity index is 1080. The summed E-state index contributed by atoms with van der Waals surface area (Å²) in [5.74, 6) is -0.112. The van der Waals surface area contributed by atoms with Gasteiger partial charge in [-0.2, -0.15) is 0 Å². The van der Waals surface area contributed by atoms with E-state index >= 15 is 0 Å². The van der Waals surface area contributed by atoms with Crippen molar-refractivity contribution in [3.05, 3.63) is 59.2 Å². The highest BCUT2D eigenvalue weighted by molar-refractivity contribution is 7.92. The van der Waals surface area contributed by atoms with Gasteiger partial charge in [-0.15, -0.1) is 0 Å². The maximum Gasteiger partial charge on any atom is 0.244 e. The summed E-state index contributed by atoms with van der Waals surface area (Å²) in [7, 11) is -2.19. The van der Waals surface area contributed by atoms with Gasteiger partial charge in [0, 0.05) is 13.1 Å². The molecule has 0 fully saturated rings. The van der Waals surface area contributed by atoms with Gasteiger partial charge in [0.25, 0.3) is 0 Å². The zero-order chi connectivity index (χ0) is 24.8. The van der Waals surface area contributed by atoms with Crippen LogP contribution in [0.25, 0.3) is 0 Å². The zero-order valence-corrected chi connectivity index (χ0v) is 20.9. The first-order valence-corrected chi connectivity index (χ1v) is 12.6. The van der Waals surface area contributed by atoms with Crippen LogP contribution in [-0.2, 0) is 26.2 Å². The van der Waals surface area contributed by atoms with Crippen LogP contribution >= 0.6 is 0 Å². The summed E-state index contributed by atoms with van der Waals surface area (Å²) in [5.41, 5.74) is 2.85. The Morgan fingerprint density at radius 1 is 1.09 bits per heavy atom. The number of hydrogen-bond acceptors (Lipinski definition) is 5. The average Bonchev–Trinajstić information content (AvgIpc) is 2.76. The van der Waals surface area contributed by atoms with Crippen molar-refractivity contribution in [1.29, 1.82) is 0 Å². The van der Waals surface area contributed by atoms with Crippen molar-refractivity contribution in [1.82, 2.24) is 10.2 Å². The lowest BCUT2D eigenvalue weighted by Crippen LogP contribution is -2.51. The van der Waals surface area contributed by atoms with E-state index in [1.54, 1.807) is 46.1 Å². The fourth-order valence-electron chi connectivity index (χ4n) is 3.42. The lowest BCUT2D eigenvalue weighted by molar-refractivity contribution is -0.139. The molecule has 0 aliphatic heterocycles. The molecule has 8 nitrogen and oxygen atoms in total. The molecule has 2 aromatic rings. The molecule has 0 aliphatic carbocycles. The Morgan fingerprint density at radius 2 is 1.73 bits per heavy atom. The number of benzene rings is 2. The van der Waals surface area contributed by atoms with Gasteiger partial charge in [-0.25, -0.2) is 8.42 Å². The fourth-order valence-corrected chi connectivity index (χ4v) is 4.31. The van der Waals surface area contributed by atoms with Gasteiger partial charge in [-0.05, 0) is 62.6 Å². The van der Waals surface area contributed by atoms with E-state index in [0.717, 1.165) is 27.3 Å². The number of likely N-dealkylation sites (N-methyl/N-ethyl adjacent to an activating group) is 1. The summed E-state index contributed by atoms with van der Waals surface area (Å²) >= 11 is 0. The monoisotopic (exact) mass is 475 g/mol. The molecule has 33 heavy (non-hydrogen) atoms. The summed E-state index contributed by atoms with van der Waals surface area (Å²) in [4.78, 5) is 27.4. The number of carbonyl (C=O) groups is 2. The molecule has 0 saturated carbocycles. The first-order valence-electron chi connectivity index (χ1n) is 10.7. The van der Waals surface area contributed by atoms with Gasteiger partial charge >= 0.3 is 0 Å². The first-order chi connectivity index (χ1) is 15.5. The first kappa shape index (κ1) is 26.2. The van der Waals surface area contributed by atoms with Gasteiger partial charge in [0.05, 0.1) is 19.1 Å². The third-order valence-electron chi connectivity index (χ3n) is 5.34. The number of aryl methyl sites for hydroxylation is 2. The SMILES string of the molecule is CCNC(=O)[C@H](C)N(Cc1ccc(OC)cc1)C(=O)CN(c1cc(C)ccc1C)S(C)(=O)=O. The van der Waals surface area contributed by atoms with Gasteiger partial charge in [-0.1, -0.05) is 24.3 Å². The molecule has 0 bridgehead atoms. The van der Waals surface area contributed by atoms with Gasteiger partial charge in [0.15, 0.2) is 0 Å². The second kappa shape index (κ2) is 11.2. The highest BCUT2D eigenvalue weighted by atomic mass is 32.2. The Balaban J connectivity index is 2.41. The van der Waals surface area contributed by atoms with E-state index in [1.807, 2.05) is 31.2 Å². The fraction of sp³-hybridized carbons (Fsp3) is 0.417. The van der Waals surface area contributed by atoms with Crippen molar-refractivity contribution in [2.75, 3.05) is 30.8 Å². The van der Waals surface area contributed by atoms with E-state index in [-0.39, 0.29) is 12.5 Å². The number of anilines is 1. The molecule has 0 aliphatic rings. The molecule has 9 heteroatoms. The summed E-state index contributed by atoms with van der Waals surface area (Å²) in [5, 5.41) is 2.73. The third-order valence-corrected chi connectivity index (χ3v) is 6.47. The predicted molar refractivity (Wildman–Crippen MR) is 130 cm³/mol. The van der Waals surface area contributed by atoms with Crippen LogP contribution in [-0.4, -0.2) is 57.6 Å². The van der Waals surface area contributed by atoms with E-state index < -0.39 is 28.5 Å². The number of methoxy groups -OCH3 is 1. The highest BCUT2D eigenvalue weighted by Crippen LogP contribution is 2.24. The van der Waals surface area contributed by atoms with Crippen molar-refractivity contribution >= 4 is 27.5 Å². The smallest absolute Gasteiger partial charge is 0.244 e. The predicted octanol–water partition coefficient (Wildman–Crippen LogP) is 2.63. The number of rotatable bonds is 10. The lowest BCUT2D eigenvalue weighted by atomic mass is 10.1. The molecule has 2 aromatic carbocycles. The van der Waals surface area contributed by atoms with Crippen LogP contribution in [0.3, 0.4) is 0 Å². The molecule has 0 heterocycles. The van der Waals surface area contributed by atoms with Gasteiger partial charge in [0.2, 0.25) is 21.8 Å². The topological polar surface area (TPSA) is 96.0 Å². The minimum Gasteiger partial charge on any atom is -0.497 e. The summed E-state index contributed by atoms with van der Waals surface area (Å²) < 4.78 is 31.6. The van der Waals surface area contributed by atoms with Crippen molar-refractivity contribution in [2.24, 2.45) is 0 Å². The number of sulfonamides is 1. The number of ether oxygens (including phenoxy) is 1. The molecule has 2 rings (SSSR count). The second-order valence-electron chi connectivity index (χ2n) is 8.00. The maximum atomic E-state index is 13.5. The lowest BCUT2D eigenvalue weighted by Gasteiger charge is -2.32. The summed E-state index contributed by atoms with van der Waals surface area (Å²) in [6.45, 7) is 7.24. The van der Waals surface area contributed by atoms with Gasteiger partial charge in [-0.3, -0.25) is 13.9 Å². The van der Waals surface area contributed by atoms with Gasteiger partial charge in [0.1, 0.15) is 18.3 Å². The van der Waals surface area contributed by atoms with Crippen LogP contribution < -0.4 is 14.4 Å². The Morgan fingerprint density at radius 3 is 2.27 bits per heavy atom. The van der Waals surface area contributed by atoms with Crippen molar-refractivity contribution < 1.29 is 22.7 Å². The zero-order valence-electron chi connectivity index (χ0n) is 20.1. The molecule has 1 N–H and O–H groups in total. The molecular weight excluding hydrogens is 442 g/mol. The van der Waals surface area contributed by atoms with Crippen LogP contribution in [0.1, 0.15) is 30.5 Å². The molecule has 0 radical (unpaired) electrons. The van der Waals surface area contributed by atoms with E-state index in [4.69, 9.17) is 4.74 Å². The van der Waals surface area contributed by atoms with Crippen LogP contribution in [0.4, 0.5) is 5.69 Å². The molecule has 0 saturated heterocycles. The highest BCUT2D eigenvalue weighted by Gasteiger charge is 2.30. The summed E-state index contributed by atoms with van der Waals surface area (Å²) in [6.07, 6.45) is 1.07. The second-order valence-corrected chi connectivity index (χ2v) is 9.91. The van der Waals surface area contributed by atoms with E-state index in [0.29, 0.717) is 18.0 Å². The van der Waals surface area contributed by atoms with E-state index in [2.05, 4.69) is 5.32 Å². The minimum atomic E-state index is -3.76. The van der Waals surface area contributed by atoms with Crippen LogP contribution in [0.5, 0.6) is 5.75 Å². The van der Waals surface area contributed by atoms with E-state index in [9.17, 15) is 18.0 Å². The summed E-state index contributed by atoms with van der Waals surface area (Å²) in [6, 6.07) is 11.8. The number of carbonyl (C=O) groups excluding carboxylic acids is 2. The van der Waals surface area contributed by atoms with Crippen molar-refractivity contribution in [3.63, 3.8) is 0 Å². The third kappa shape index (κ3) is 6.95. The standard InChI is InChI=1S/C24H33N3O5S/c1-7-25-24(29)19(4)26(15-20-10-12-21(32-5)13-11-20)23(28)16-27(33(6,30)31)22-14-17(2)8-9-18(22)3/h8-14,19H,7,15-16H2,1-6H3,(H,25,29)/t19-/m0/s1. The Labute approximate surface area is 196 Å². The minimum absolute atomic E-state index is 0.144. The Kier molecular flexibility index (Phi) is 8.87. The van der Waals surface area contributed by atoms with Gasteiger partial charge < -0.3 is 15.0 Å². The molecule has 0 unspecified atom stereocenters.